The van der Waals surface area contributed by atoms with Gasteiger partial charge in [-0.05, 0) is 79.3 Å². The number of benzene rings is 2. The number of aliphatic hydroxyl groups excluding tert-OH is 1. The highest BCUT2D eigenvalue weighted by molar-refractivity contribution is 5.79. The Bertz CT molecular complexity index is 1050. The second-order valence-electron chi connectivity index (χ2n) is 11.7. The maximum atomic E-state index is 13.3. The van der Waals surface area contributed by atoms with E-state index in [0.29, 0.717) is 37.1 Å². The first-order chi connectivity index (χ1) is 19.5. The molecule has 2 aromatic carbocycles. The molecule has 41 heavy (non-hydrogen) atoms. The topological polar surface area (TPSA) is 103 Å². The molecular weight excluding hydrogens is 523 g/mol. The minimum atomic E-state index is -0.828. The number of carbonyl (C=O) groups is 1. The lowest BCUT2D eigenvalue weighted by Gasteiger charge is -2.30. The van der Waals surface area contributed by atoms with Crippen molar-refractivity contribution in [1.82, 2.24) is 5.32 Å². The number of nitrogens with one attached hydrogen (secondary N) is 1. The lowest BCUT2D eigenvalue weighted by atomic mass is 9.80. The molecule has 2 rings (SSSR count). The number of methoxy groups -OCH3 is 2. The van der Waals surface area contributed by atoms with Crippen molar-refractivity contribution in [3.8, 4) is 11.5 Å². The maximum absolute atomic E-state index is 13.3. The fourth-order valence-electron chi connectivity index (χ4n) is 5.02. The van der Waals surface area contributed by atoms with E-state index >= 15 is 0 Å². The zero-order chi connectivity index (χ0) is 30.5. The van der Waals surface area contributed by atoms with Crippen LogP contribution >= 0.6 is 0 Å². The summed E-state index contributed by atoms with van der Waals surface area (Å²) in [5.74, 6) is 1.10. The van der Waals surface area contributed by atoms with E-state index in [9.17, 15) is 14.3 Å². The molecule has 0 aliphatic rings. The molecule has 0 heterocycles. The number of nitrogens with two attached hydrogens (primary N) is 1. The van der Waals surface area contributed by atoms with Gasteiger partial charge in [0.05, 0.1) is 25.9 Å². The molecule has 0 unspecified atom stereocenters. The monoisotopic (exact) mass is 574 g/mol. The molecule has 8 heteroatoms. The summed E-state index contributed by atoms with van der Waals surface area (Å²) in [7, 11) is 3.30. The molecule has 0 saturated heterocycles. The first kappa shape index (κ1) is 34.5. The summed E-state index contributed by atoms with van der Waals surface area (Å²) >= 11 is 0. The first-order valence-corrected chi connectivity index (χ1v) is 14.7. The minimum Gasteiger partial charge on any atom is -0.493 e. The highest BCUT2D eigenvalue weighted by atomic mass is 19.1. The van der Waals surface area contributed by atoms with Crippen LogP contribution in [0.25, 0.3) is 0 Å². The van der Waals surface area contributed by atoms with Crippen LogP contribution in [0.5, 0.6) is 11.5 Å². The summed E-state index contributed by atoms with van der Waals surface area (Å²) in [5, 5.41) is 14.2. The van der Waals surface area contributed by atoms with Crippen molar-refractivity contribution in [2.75, 3.05) is 27.4 Å². The Morgan fingerprint density at radius 3 is 2.22 bits per heavy atom. The minimum absolute atomic E-state index is 0.0137. The molecule has 0 aliphatic heterocycles. The van der Waals surface area contributed by atoms with Crippen LogP contribution in [-0.2, 0) is 16.0 Å². The average molecular weight is 575 g/mol. The van der Waals surface area contributed by atoms with E-state index in [1.807, 2.05) is 39.0 Å². The Hall–Kier alpha value is -2.68. The Balaban J connectivity index is 2.03. The Morgan fingerprint density at radius 1 is 0.951 bits per heavy atom. The molecule has 0 saturated carbocycles. The highest BCUT2D eigenvalue weighted by Gasteiger charge is 2.30. The molecule has 0 aromatic heterocycles. The predicted octanol–water partition coefficient (Wildman–Crippen LogP) is 5.68. The summed E-state index contributed by atoms with van der Waals surface area (Å²) in [5.41, 5.74) is 8.49. The third-order valence-electron chi connectivity index (χ3n) is 7.85. The van der Waals surface area contributed by atoms with Crippen molar-refractivity contribution in [1.29, 1.82) is 0 Å². The van der Waals surface area contributed by atoms with Gasteiger partial charge in [-0.3, -0.25) is 4.79 Å². The van der Waals surface area contributed by atoms with Gasteiger partial charge in [0.15, 0.2) is 11.5 Å². The van der Waals surface area contributed by atoms with Crippen LogP contribution in [0.1, 0.15) is 71.0 Å². The number of hydrogen-bond donors (Lipinski definition) is 3. The van der Waals surface area contributed by atoms with Crippen LogP contribution in [0.4, 0.5) is 4.39 Å². The van der Waals surface area contributed by atoms with Crippen molar-refractivity contribution in [2.24, 2.45) is 29.4 Å². The number of ether oxygens (including phenoxy) is 3. The van der Waals surface area contributed by atoms with Crippen LogP contribution in [0, 0.1) is 29.5 Å². The van der Waals surface area contributed by atoms with Gasteiger partial charge in [0, 0.05) is 32.1 Å². The largest absolute Gasteiger partial charge is 0.493 e. The molecule has 0 aliphatic carbocycles. The third-order valence-corrected chi connectivity index (χ3v) is 7.85. The first-order valence-electron chi connectivity index (χ1n) is 14.7. The van der Waals surface area contributed by atoms with Crippen LogP contribution in [-0.4, -0.2) is 50.6 Å². The van der Waals surface area contributed by atoms with Gasteiger partial charge in [0.25, 0.3) is 0 Å². The maximum Gasteiger partial charge on any atom is 0.223 e. The predicted molar refractivity (Wildman–Crippen MR) is 162 cm³/mol. The van der Waals surface area contributed by atoms with Gasteiger partial charge in [0.1, 0.15) is 5.82 Å². The normalized spacial score (nSPS) is 15.3. The van der Waals surface area contributed by atoms with Crippen molar-refractivity contribution < 1.29 is 28.5 Å². The number of hydrogen-bond acceptors (Lipinski definition) is 6. The molecule has 0 spiro atoms. The number of halogens is 1. The highest BCUT2D eigenvalue weighted by Crippen LogP contribution is 2.32. The zero-order valence-electron chi connectivity index (χ0n) is 25.9. The van der Waals surface area contributed by atoms with Crippen molar-refractivity contribution in [3.63, 3.8) is 0 Å². The van der Waals surface area contributed by atoms with Crippen LogP contribution < -0.4 is 20.5 Å². The van der Waals surface area contributed by atoms with E-state index in [2.05, 4.69) is 19.2 Å². The lowest BCUT2D eigenvalue weighted by Crippen LogP contribution is -2.43. The van der Waals surface area contributed by atoms with E-state index in [0.717, 1.165) is 24.0 Å². The van der Waals surface area contributed by atoms with Gasteiger partial charge in [-0.2, -0.15) is 0 Å². The van der Waals surface area contributed by atoms with Crippen molar-refractivity contribution in [2.45, 2.75) is 78.5 Å². The van der Waals surface area contributed by atoms with Crippen LogP contribution in [0.3, 0.4) is 0 Å². The summed E-state index contributed by atoms with van der Waals surface area (Å²) in [6.07, 6.45) is 1.62. The summed E-state index contributed by atoms with van der Waals surface area (Å²) in [6, 6.07) is 11.3. The van der Waals surface area contributed by atoms with E-state index in [1.165, 1.54) is 12.1 Å². The van der Waals surface area contributed by atoms with Crippen molar-refractivity contribution in [3.05, 3.63) is 59.4 Å². The van der Waals surface area contributed by atoms with E-state index in [-0.39, 0.29) is 36.0 Å². The summed E-state index contributed by atoms with van der Waals surface area (Å²) < 4.78 is 29.8. The second-order valence-corrected chi connectivity index (χ2v) is 11.7. The van der Waals surface area contributed by atoms with Gasteiger partial charge >= 0.3 is 0 Å². The van der Waals surface area contributed by atoms with Crippen LogP contribution in [0.2, 0.25) is 0 Å². The number of rotatable bonds is 18. The fourth-order valence-corrected chi connectivity index (χ4v) is 5.02. The second kappa shape index (κ2) is 17.3. The molecule has 0 fully saturated rings. The molecule has 1 amide bonds. The van der Waals surface area contributed by atoms with E-state index in [1.54, 1.807) is 26.4 Å². The standard InChI is InChI=1S/C33H51FN2O5/c1-21(2)26(17-24-9-14-31(40-7)32(18-24)41-16-8-15-39-6)19-29(35)30(37)20-28(22(3)4)33(38)36-23(5)25-10-12-27(34)13-11-25/h9-14,18,21-23,26,28-30,37H,8,15-17,19-20,35H2,1-7H3,(H,36,38)/t23-,26+,28+,29+,30+/m1/s1. The summed E-state index contributed by atoms with van der Waals surface area (Å²) in [6.45, 7) is 11.3. The van der Waals surface area contributed by atoms with Gasteiger partial charge in [-0.15, -0.1) is 0 Å². The quantitative estimate of drug-likeness (QED) is 0.198. The van der Waals surface area contributed by atoms with E-state index in [4.69, 9.17) is 19.9 Å². The van der Waals surface area contributed by atoms with Gasteiger partial charge in [-0.25, -0.2) is 4.39 Å². The summed E-state index contributed by atoms with van der Waals surface area (Å²) in [4.78, 5) is 13.2. The molecule has 2 aromatic rings. The molecule has 0 bridgehead atoms. The van der Waals surface area contributed by atoms with E-state index < -0.39 is 18.1 Å². The Labute approximate surface area is 246 Å². The van der Waals surface area contributed by atoms with Gasteiger partial charge < -0.3 is 30.4 Å². The molecule has 4 N–H and O–H groups in total. The van der Waals surface area contributed by atoms with Crippen LogP contribution in [0.15, 0.2) is 42.5 Å². The van der Waals surface area contributed by atoms with Gasteiger partial charge in [0.2, 0.25) is 5.91 Å². The SMILES string of the molecule is COCCCOc1cc(C[C@@H](C[C@H](N)[C@@H](O)C[C@H](C(=O)N[C@H](C)c2ccc(F)cc2)C(C)C)C(C)C)ccc1OC. The fraction of sp³-hybridized carbons (Fsp3) is 0.606. The molecule has 7 nitrogen and oxygen atoms in total. The molecule has 5 atom stereocenters. The smallest absolute Gasteiger partial charge is 0.223 e. The molecular formula is C33H51FN2O5. The van der Waals surface area contributed by atoms with Gasteiger partial charge in [-0.1, -0.05) is 45.9 Å². The lowest BCUT2D eigenvalue weighted by molar-refractivity contribution is -0.128. The third kappa shape index (κ3) is 11.3. The number of carbonyl (C=O) groups excluding carboxylic acids is 1. The molecule has 0 radical (unpaired) electrons. The Morgan fingerprint density at radius 2 is 1.63 bits per heavy atom. The average Bonchev–Trinajstić information content (AvgIpc) is 2.93. The zero-order valence-corrected chi connectivity index (χ0v) is 25.9. The molecule has 230 valence electrons. The number of aliphatic hydroxyl groups is 1. The van der Waals surface area contributed by atoms with Crippen molar-refractivity contribution >= 4 is 5.91 Å². The Kier molecular flexibility index (Phi) is 14.6. The number of amides is 1.